The van der Waals surface area contributed by atoms with Crippen molar-refractivity contribution in [2.45, 2.75) is 45.1 Å². The van der Waals surface area contributed by atoms with Crippen LogP contribution in [0.25, 0.3) is 0 Å². The van der Waals surface area contributed by atoms with Gasteiger partial charge < -0.3 is 10.1 Å². The molecule has 0 unspecified atom stereocenters. The molecule has 0 aliphatic heterocycles. The van der Waals surface area contributed by atoms with Crippen LogP contribution in [0, 0.1) is 5.82 Å². The fourth-order valence-corrected chi connectivity index (χ4v) is 2.04. The van der Waals surface area contributed by atoms with E-state index < -0.39 is 23.7 Å². The Morgan fingerprint density at radius 2 is 2.05 bits per heavy atom. The van der Waals surface area contributed by atoms with Crippen LogP contribution in [0.4, 0.5) is 4.39 Å². The zero-order valence-electron chi connectivity index (χ0n) is 12.5. The van der Waals surface area contributed by atoms with E-state index in [0.29, 0.717) is 6.42 Å². The largest absolute Gasteiger partial charge is 0.467 e. The molecule has 0 aromatic heterocycles. The van der Waals surface area contributed by atoms with E-state index in [1.165, 1.54) is 25.3 Å². The van der Waals surface area contributed by atoms with E-state index in [9.17, 15) is 14.0 Å². The summed E-state index contributed by atoms with van der Waals surface area (Å²) in [5.41, 5.74) is 0.192. The lowest BCUT2D eigenvalue weighted by atomic mass is 10.1. The maximum absolute atomic E-state index is 13.1. The van der Waals surface area contributed by atoms with Gasteiger partial charge >= 0.3 is 5.97 Å². The maximum atomic E-state index is 13.1. The van der Waals surface area contributed by atoms with Crippen molar-refractivity contribution in [3.63, 3.8) is 0 Å². The number of unbranched alkanes of at least 4 members (excludes halogenated alkanes) is 3. The minimum absolute atomic E-state index is 0.192. The molecule has 0 saturated heterocycles. The van der Waals surface area contributed by atoms with E-state index in [2.05, 4.69) is 12.2 Å². The fourth-order valence-electron chi connectivity index (χ4n) is 2.04. The van der Waals surface area contributed by atoms with Crippen LogP contribution in [0.2, 0.25) is 0 Å². The average Bonchev–Trinajstić information content (AvgIpc) is 2.49. The third-order valence-electron chi connectivity index (χ3n) is 3.22. The minimum atomic E-state index is -0.692. The number of methoxy groups -OCH3 is 1. The van der Waals surface area contributed by atoms with Gasteiger partial charge in [-0.1, -0.05) is 38.7 Å². The molecule has 1 rings (SSSR count). The van der Waals surface area contributed by atoms with Gasteiger partial charge in [0.1, 0.15) is 11.9 Å². The van der Waals surface area contributed by atoms with Gasteiger partial charge in [0.25, 0.3) is 5.91 Å². The molecule has 0 spiro atoms. The van der Waals surface area contributed by atoms with Gasteiger partial charge in [0.15, 0.2) is 0 Å². The van der Waals surface area contributed by atoms with Gasteiger partial charge in [-0.25, -0.2) is 9.18 Å². The van der Waals surface area contributed by atoms with Crippen LogP contribution in [-0.2, 0) is 9.53 Å². The van der Waals surface area contributed by atoms with Crippen LogP contribution < -0.4 is 5.32 Å². The summed E-state index contributed by atoms with van der Waals surface area (Å²) in [4.78, 5) is 23.7. The quantitative estimate of drug-likeness (QED) is 0.592. The number of esters is 1. The highest BCUT2D eigenvalue weighted by molar-refractivity contribution is 5.96. The number of benzene rings is 1. The number of halogens is 1. The number of amides is 1. The van der Waals surface area contributed by atoms with E-state index >= 15 is 0 Å². The van der Waals surface area contributed by atoms with Gasteiger partial charge in [0, 0.05) is 5.56 Å². The molecule has 0 saturated carbocycles. The standard InChI is InChI=1S/C16H22FNO3/c1-3-4-5-6-10-14(16(20)21-2)18-15(19)12-8-7-9-13(17)11-12/h7-9,11,14H,3-6,10H2,1-2H3,(H,18,19)/t14-/m0/s1. The molecule has 0 heterocycles. The molecule has 116 valence electrons. The van der Waals surface area contributed by atoms with Crippen LogP contribution in [0.3, 0.4) is 0 Å². The molecule has 0 radical (unpaired) electrons. The molecule has 21 heavy (non-hydrogen) atoms. The Morgan fingerprint density at radius 3 is 2.67 bits per heavy atom. The summed E-state index contributed by atoms with van der Waals surface area (Å²) >= 11 is 0. The maximum Gasteiger partial charge on any atom is 0.328 e. The third-order valence-corrected chi connectivity index (χ3v) is 3.22. The van der Waals surface area contributed by atoms with E-state index in [-0.39, 0.29) is 5.56 Å². The molecule has 1 N–H and O–H groups in total. The monoisotopic (exact) mass is 295 g/mol. The first kappa shape index (κ1) is 17.1. The van der Waals surface area contributed by atoms with Crippen molar-refractivity contribution in [3.05, 3.63) is 35.6 Å². The van der Waals surface area contributed by atoms with E-state index in [0.717, 1.165) is 31.7 Å². The van der Waals surface area contributed by atoms with Crippen LogP contribution in [0.15, 0.2) is 24.3 Å². The van der Waals surface area contributed by atoms with Crippen molar-refractivity contribution in [2.24, 2.45) is 0 Å². The summed E-state index contributed by atoms with van der Waals surface area (Å²) in [5.74, 6) is -1.43. The lowest BCUT2D eigenvalue weighted by Crippen LogP contribution is -2.41. The highest BCUT2D eigenvalue weighted by Crippen LogP contribution is 2.09. The van der Waals surface area contributed by atoms with Crippen LogP contribution in [-0.4, -0.2) is 25.0 Å². The van der Waals surface area contributed by atoms with Gasteiger partial charge in [-0.3, -0.25) is 4.79 Å². The number of rotatable bonds is 8. The summed E-state index contributed by atoms with van der Waals surface area (Å²) in [6.45, 7) is 2.10. The molecule has 4 nitrogen and oxygen atoms in total. The normalized spacial score (nSPS) is 11.8. The van der Waals surface area contributed by atoms with Gasteiger partial charge in [-0.2, -0.15) is 0 Å². The molecular formula is C16H22FNO3. The first-order chi connectivity index (χ1) is 10.1. The highest BCUT2D eigenvalue weighted by atomic mass is 19.1. The van der Waals surface area contributed by atoms with E-state index in [4.69, 9.17) is 4.74 Å². The van der Waals surface area contributed by atoms with Crippen LogP contribution in [0.5, 0.6) is 0 Å². The molecule has 0 bridgehead atoms. The first-order valence-corrected chi connectivity index (χ1v) is 7.22. The minimum Gasteiger partial charge on any atom is -0.467 e. The molecule has 5 heteroatoms. The zero-order valence-corrected chi connectivity index (χ0v) is 12.5. The van der Waals surface area contributed by atoms with Gasteiger partial charge in [-0.05, 0) is 24.6 Å². The van der Waals surface area contributed by atoms with Crippen molar-refractivity contribution >= 4 is 11.9 Å². The smallest absolute Gasteiger partial charge is 0.328 e. The van der Waals surface area contributed by atoms with E-state index in [1.54, 1.807) is 0 Å². The summed E-state index contributed by atoms with van der Waals surface area (Å²) < 4.78 is 17.8. The summed E-state index contributed by atoms with van der Waals surface area (Å²) in [5, 5.41) is 2.61. The average molecular weight is 295 g/mol. The van der Waals surface area contributed by atoms with Crippen molar-refractivity contribution in [2.75, 3.05) is 7.11 Å². The Bertz CT molecular complexity index is 476. The molecule has 0 fully saturated rings. The number of hydrogen-bond acceptors (Lipinski definition) is 3. The summed E-state index contributed by atoms with van der Waals surface area (Å²) in [7, 11) is 1.29. The number of ether oxygens (including phenoxy) is 1. The Hall–Kier alpha value is -1.91. The second kappa shape index (κ2) is 9.10. The fraction of sp³-hybridized carbons (Fsp3) is 0.500. The van der Waals surface area contributed by atoms with Crippen molar-refractivity contribution < 1.29 is 18.7 Å². The molecular weight excluding hydrogens is 273 g/mol. The number of carbonyl (C=O) groups excluding carboxylic acids is 2. The van der Waals surface area contributed by atoms with Crippen molar-refractivity contribution in [1.29, 1.82) is 0 Å². The first-order valence-electron chi connectivity index (χ1n) is 7.22. The Balaban J connectivity index is 2.63. The van der Waals surface area contributed by atoms with Crippen LogP contribution >= 0.6 is 0 Å². The zero-order chi connectivity index (χ0) is 15.7. The SMILES string of the molecule is CCCCCC[C@H](NC(=O)c1cccc(F)c1)C(=O)OC. The second-order valence-electron chi connectivity index (χ2n) is 4.91. The second-order valence-corrected chi connectivity index (χ2v) is 4.91. The van der Waals surface area contributed by atoms with Gasteiger partial charge in [0.2, 0.25) is 0 Å². The predicted octanol–water partition coefficient (Wildman–Crippen LogP) is 3.07. The Morgan fingerprint density at radius 1 is 1.29 bits per heavy atom. The lowest BCUT2D eigenvalue weighted by molar-refractivity contribution is -0.143. The third kappa shape index (κ3) is 5.94. The number of nitrogens with one attached hydrogen (secondary N) is 1. The molecule has 1 aromatic carbocycles. The summed E-state index contributed by atoms with van der Waals surface area (Å²) in [6.07, 6.45) is 4.54. The topological polar surface area (TPSA) is 55.4 Å². The number of carbonyl (C=O) groups is 2. The van der Waals surface area contributed by atoms with Crippen molar-refractivity contribution in [1.82, 2.24) is 5.32 Å². The molecule has 1 amide bonds. The van der Waals surface area contributed by atoms with Crippen molar-refractivity contribution in [3.8, 4) is 0 Å². The highest BCUT2D eigenvalue weighted by Gasteiger charge is 2.21. The van der Waals surface area contributed by atoms with Gasteiger partial charge in [-0.15, -0.1) is 0 Å². The predicted molar refractivity (Wildman–Crippen MR) is 78.4 cm³/mol. The Labute approximate surface area is 124 Å². The van der Waals surface area contributed by atoms with Crippen LogP contribution in [0.1, 0.15) is 49.4 Å². The molecule has 0 aliphatic carbocycles. The molecule has 0 aliphatic rings. The lowest BCUT2D eigenvalue weighted by Gasteiger charge is -2.16. The summed E-state index contributed by atoms with van der Waals surface area (Å²) in [6, 6.07) is 4.67. The molecule has 1 aromatic rings. The van der Waals surface area contributed by atoms with E-state index in [1.807, 2.05) is 0 Å². The number of hydrogen-bond donors (Lipinski definition) is 1. The molecule has 1 atom stereocenters. The van der Waals surface area contributed by atoms with Gasteiger partial charge in [0.05, 0.1) is 7.11 Å². The Kier molecular flexibility index (Phi) is 7.43.